The van der Waals surface area contributed by atoms with Crippen LogP contribution in [0.15, 0.2) is 49.1 Å². The lowest BCUT2D eigenvalue weighted by Crippen LogP contribution is -2.28. The third kappa shape index (κ3) is 4.17. The van der Waals surface area contributed by atoms with Crippen LogP contribution in [0.3, 0.4) is 0 Å². The summed E-state index contributed by atoms with van der Waals surface area (Å²) in [6.07, 6.45) is 3.01. The number of benzene rings is 2. The monoisotopic (exact) mass is 441 g/mol. The van der Waals surface area contributed by atoms with Gasteiger partial charge in [0.25, 0.3) is 0 Å². The van der Waals surface area contributed by atoms with Crippen molar-refractivity contribution in [1.29, 1.82) is 0 Å². The van der Waals surface area contributed by atoms with Gasteiger partial charge in [0, 0.05) is 24.1 Å². The number of hydrogen-bond donors (Lipinski definition) is 1. The molecule has 3 aromatic rings. The Labute approximate surface area is 183 Å². The van der Waals surface area contributed by atoms with E-state index in [1.807, 2.05) is 0 Å². The maximum absolute atomic E-state index is 13.0. The lowest BCUT2D eigenvalue weighted by atomic mass is 10.1. The van der Waals surface area contributed by atoms with Gasteiger partial charge in [-0.3, -0.25) is 9.59 Å². The summed E-state index contributed by atoms with van der Waals surface area (Å²) >= 11 is 6.12. The molecule has 1 N–H and O–H groups in total. The van der Waals surface area contributed by atoms with Gasteiger partial charge in [-0.1, -0.05) is 11.6 Å². The molecular formula is C21H20ClN5O4. The zero-order valence-electron chi connectivity index (χ0n) is 16.9. The molecule has 1 saturated heterocycles. The van der Waals surface area contributed by atoms with Crippen molar-refractivity contribution in [1.82, 2.24) is 14.8 Å². The lowest BCUT2D eigenvalue weighted by molar-refractivity contribution is -0.122. The van der Waals surface area contributed by atoms with Gasteiger partial charge in [0.2, 0.25) is 11.8 Å². The van der Waals surface area contributed by atoms with Crippen molar-refractivity contribution in [2.24, 2.45) is 5.92 Å². The van der Waals surface area contributed by atoms with Gasteiger partial charge < -0.3 is 19.7 Å². The first kappa shape index (κ1) is 20.7. The van der Waals surface area contributed by atoms with Crippen LogP contribution in [0.5, 0.6) is 11.5 Å². The van der Waals surface area contributed by atoms with Gasteiger partial charge in [-0.15, -0.1) is 0 Å². The summed E-state index contributed by atoms with van der Waals surface area (Å²) in [6, 6.07) is 10.3. The molecule has 9 nitrogen and oxygen atoms in total. The van der Waals surface area contributed by atoms with Gasteiger partial charge in [-0.05, 0) is 30.3 Å². The molecule has 1 unspecified atom stereocenters. The molecule has 0 bridgehead atoms. The van der Waals surface area contributed by atoms with Crippen molar-refractivity contribution in [2.75, 3.05) is 31.0 Å². The molecule has 2 aromatic carbocycles. The van der Waals surface area contributed by atoms with Crippen LogP contribution in [0, 0.1) is 5.92 Å². The second kappa shape index (κ2) is 8.65. The molecule has 1 atom stereocenters. The van der Waals surface area contributed by atoms with Crippen LogP contribution in [-0.4, -0.2) is 47.3 Å². The Kier molecular flexibility index (Phi) is 5.77. The summed E-state index contributed by atoms with van der Waals surface area (Å²) in [6.45, 7) is 0.229. The molecule has 0 saturated carbocycles. The zero-order chi connectivity index (χ0) is 22.0. The van der Waals surface area contributed by atoms with Gasteiger partial charge in [-0.2, -0.15) is 5.10 Å². The molecule has 1 aliphatic rings. The van der Waals surface area contributed by atoms with Crippen molar-refractivity contribution in [3.63, 3.8) is 0 Å². The van der Waals surface area contributed by atoms with E-state index in [1.165, 1.54) is 24.4 Å². The number of anilines is 2. The molecule has 1 fully saturated rings. The summed E-state index contributed by atoms with van der Waals surface area (Å²) in [5.74, 6) is 0.125. The normalized spacial score (nSPS) is 15.8. The van der Waals surface area contributed by atoms with Crippen molar-refractivity contribution in [3.05, 3.63) is 54.1 Å². The molecule has 2 amide bonds. The Morgan fingerprint density at radius 3 is 2.68 bits per heavy atom. The van der Waals surface area contributed by atoms with Crippen molar-refractivity contribution >= 4 is 34.8 Å². The van der Waals surface area contributed by atoms with Crippen LogP contribution in [0.2, 0.25) is 5.02 Å². The van der Waals surface area contributed by atoms with E-state index < -0.39 is 5.92 Å². The van der Waals surface area contributed by atoms with Crippen LogP contribution < -0.4 is 19.7 Å². The number of amides is 2. The van der Waals surface area contributed by atoms with Crippen molar-refractivity contribution in [3.8, 4) is 17.2 Å². The molecule has 31 heavy (non-hydrogen) atoms. The maximum atomic E-state index is 13.0. The molecule has 0 aliphatic carbocycles. The topological polar surface area (TPSA) is 98.6 Å². The van der Waals surface area contributed by atoms with E-state index in [0.717, 1.165) is 0 Å². The standard InChI is InChI=1S/C21H20ClN5O4/c1-30-15-4-6-18(19(9-15)31-2)26-10-13(7-20(26)28)21(29)25-16-8-14(22)3-5-17(16)27-12-23-11-24-27/h3-6,8-9,11-13H,7,10H2,1-2H3,(H,25,29). The smallest absolute Gasteiger partial charge is 0.229 e. The summed E-state index contributed by atoms with van der Waals surface area (Å²) in [7, 11) is 3.08. The number of rotatable bonds is 6. The predicted molar refractivity (Wildman–Crippen MR) is 115 cm³/mol. The lowest BCUT2D eigenvalue weighted by Gasteiger charge is -2.20. The molecule has 10 heteroatoms. The summed E-state index contributed by atoms with van der Waals surface area (Å²) in [4.78, 5) is 31.2. The highest BCUT2D eigenvalue weighted by molar-refractivity contribution is 6.31. The SMILES string of the molecule is COc1ccc(N2CC(C(=O)Nc3cc(Cl)ccc3-n3cncn3)CC2=O)c(OC)c1. The third-order valence-electron chi connectivity index (χ3n) is 5.06. The maximum Gasteiger partial charge on any atom is 0.229 e. The van der Waals surface area contributed by atoms with Gasteiger partial charge >= 0.3 is 0 Å². The number of carbonyl (C=O) groups is 2. The number of carbonyl (C=O) groups excluding carboxylic acids is 2. The highest BCUT2D eigenvalue weighted by Crippen LogP contribution is 2.36. The van der Waals surface area contributed by atoms with Crippen LogP contribution in [0.25, 0.3) is 5.69 Å². The number of halogens is 1. The second-order valence-electron chi connectivity index (χ2n) is 6.93. The van der Waals surface area contributed by atoms with E-state index in [4.69, 9.17) is 21.1 Å². The number of ether oxygens (including phenoxy) is 2. The average Bonchev–Trinajstić information content (AvgIpc) is 3.43. The van der Waals surface area contributed by atoms with E-state index in [9.17, 15) is 9.59 Å². The Balaban J connectivity index is 1.54. The molecule has 0 radical (unpaired) electrons. The highest BCUT2D eigenvalue weighted by atomic mass is 35.5. The number of nitrogens with one attached hydrogen (secondary N) is 1. The Bertz CT molecular complexity index is 1120. The van der Waals surface area contributed by atoms with E-state index >= 15 is 0 Å². The number of aromatic nitrogens is 3. The quantitative estimate of drug-likeness (QED) is 0.631. The Morgan fingerprint density at radius 2 is 1.97 bits per heavy atom. The van der Waals surface area contributed by atoms with E-state index in [0.29, 0.717) is 33.6 Å². The molecule has 1 aliphatic heterocycles. The van der Waals surface area contributed by atoms with Gasteiger partial charge in [-0.25, -0.2) is 9.67 Å². The third-order valence-corrected chi connectivity index (χ3v) is 5.29. The fourth-order valence-corrected chi connectivity index (χ4v) is 3.67. The zero-order valence-corrected chi connectivity index (χ0v) is 17.7. The minimum absolute atomic E-state index is 0.0836. The summed E-state index contributed by atoms with van der Waals surface area (Å²) < 4.78 is 12.1. The largest absolute Gasteiger partial charge is 0.497 e. The predicted octanol–water partition coefficient (Wildman–Crippen LogP) is 2.93. The van der Waals surface area contributed by atoms with E-state index in [-0.39, 0.29) is 24.8 Å². The first-order valence-corrected chi connectivity index (χ1v) is 9.85. The molecule has 4 rings (SSSR count). The summed E-state index contributed by atoms with van der Waals surface area (Å²) in [5.41, 5.74) is 1.69. The average molecular weight is 442 g/mol. The molecule has 2 heterocycles. The molecule has 160 valence electrons. The highest BCUT2D eigenvalue weighted by Gasteiger charge is 2.36. The van der Waals surface area contributed by atoms with Crippen LogP contribution in [0.4, 0.5) is 11.4 Å². The van der Waals surface area contributed by atoms with Crippen molar-refractivity contribution in [2.45, 2.75) is 6.42 Å². The van der Waals surface area contributed by atoms with Gasteiger partial charge in [0.15, 0.2) is 0 Å². The first-order valence-electron chi connectivity index (χ1n) is 9.48. The number of hydrogen-bond acceptors (Lipinski definition) is 6. The van der Waals surface area contributed by atoms with Crippen LogP contribution in [0.1, 0.15) is 6.42 Å². The van der Waals surface area contributed by atoms with E-state index in [2.05, 4.69) is 15.4 Å². The fraction of sp³-hybridized carbons (Fsp3) is 0.238. The molecule has 0 spiro atoms. The minimum Gasteiger partial charge on any atom is -0.497 e. The fourth-order valence-electron chi connectivity index (χ4n) is 3.50. The first-order chi connectivity index (χ1) is 15.0. The van der Waals surface area contributed by atoms with Crippen molar-refractivity contribution < 1.29 is 19.1 Å². The number of nitrogens with zero attached hydrogens (tertiary/aromatic N) is 4. The van der Waals surface area contributed by atoms with Crippen LogP contribution >= 0.6 is 11.6 Å². The Hall–Kier alpha value is -3.59. The van der Waals surface area contributed by atoms with Crippen LogP contribution in [-0.2, 0) is 9.59 Å². The minimum atomic E-state index is -0.540. The second-order valence-corrected chi connectivity index (χ2v) is 7.37. The number of methoxy groups -OCH3 is 2. The molecule has 1 aromatic heterocycles. The Morgan fingerprint density at radius 1 is 1.16 bits per heavy atom. The van der Waals surface area contributed by atoms with Gasteiger partial charge in [0.1, 0.15) is 24.2 Å². The summed E-state index contributed by atoms with van der Waals surface area (Å²) in [5, 5.41) is 7.45. The molecular weight excluding hydrogens is 422 g/mol. The van der Waals surface area contributed by atoms with Gasteiger partial charge in [0.05, 0.1) is 37.2 Å². The van der Waals surface area contributed by atoms with E-state index in [1.54, 1.807) is 48.4 Å².